The van der Waals surface area contributed by atoms with Gasteiger partial charge in [0, 0.05) is 36.7 Å². The first-order valence-corrected chi connectivity index (χ1v) is 13.8. The Morgan fingerprint density at radius 2 is 2.08 bits per heavy atom. The lowest BCUT2D eigenvalue weighted by atomic mass is 10.0. The minimum atomic E-state index is -2.93. The Morgan fingerprint density at radius 3 is 2.86 bits per heavy atom. The van der Waals surface area contributed by atoms with Crippen LogP contribution in [0.2, 0.25) is 0 Å². The van der Waals surface area contributed by atoms with Crippen molar-refractivity contribution in [2.24, 2.45) is 5.92 Å². The van der Waals surface area contributed by atoms with E-state index in [2.05, 4.69) is 20.8 Å². The van der Waals surface area contributed by atoms with Gasteiger partial charge < -0.3 is 19.9 Å². The number of amides is 1. The van der Waals surface area contributed by atoms with Crippen LogP contribution >= 0.6 is 23.1 Å². The van der Waals surface area contributed by atoms with Crippen LogP contribution < -0.4 is 10.6 Å². The van der Waals surface area contributed by atoms with Crippen LogP contribution in [-0.2, 0) is 17.8 Å². The highest BCUT2D eigenvalue weighted by atomic mass is 32.2. The van der Waals surface area contributed by atoms with Gasteiger partial charge in [0.1, 0.15) is 11.2 Å². The summed E-state index contributed by atoms with van der Waals surface area (Å²) in [6, 6.07) is 5.23. The molecule has 1 saturated carbocycles. The van der Waals surface area contributed by atoms with Gasteiger partial charge in [-0.3, -0.25) is 4.79 Å². The molecule has 3 aromatic rings. The van der Waals surface area contributed by atoms with Crippen molar-refractivity contribution in [3.63, 3.8) is 0 Å². The zero-order chi connectivity index (χ0) is 25.0. The molecule has 3 aliphatic rings. The van der Waals surface area contributed by atoms with Crippen molar-refractivity contribution in [2.75, 3.05) is 25.5 Å². The molecule has 2 N–H and O–H groups in total. The van der Waals surface area contributed by atoms with Crippen LogP contribution in [-0.4, -0.2) is 63.0 Å². The minimum absolute atomic E-state index is 0.0172. The summed E-state index contributed by atoms with van der Waals surface area (Å²) in [5.74, 6) is 0.113. The van der Waals surface area contributed by atoms with Gasteiger partial charge >= 0.3 is 0 Å². The normalized spacial score (nSPS) is 24.0. The van der Waals surface area contributed by atoms with E-state index in [1.54, 1.807) is 0 Å². The SMILES string of the molecule is CN1CC[C@@H](Nc2ccc3n4c(c(-c5nnc(CNC(=O)C6CC6)s5)cc24)SC(F)(F)CC3)[C@@H](F)C1. The van der Waals surface area contributed by atoms with Crippen LogP contribution in [0.15, 0.2) is 23.2 Å². The molecule has 0 aromatic carbocycles. The molecule has 36 heavy (non-hydrogen) atoms. The van der Waals surface area contributed by atoms with Crippen molar-refractivity contribution in [1.82, 2.24) is 24.8 Å². The number of hydrogen-bond acceptors (Lipinski definition) is 7. The number of alkyl halides is 3. The fraction of sp³-hybridized carbons (Fsp3) is 0.542. The second kappa shape index (κ2) is 9.21. The van der Waals surface area contributed by atoms with Gasteiger partial charge in [-0.1, -0.05) is 11.3 Å². The Labute approximate surface area is 214 Å². The van der Waals surface area contributed by atoms with Crippen molar-refractivity contribution in [2.45, 2.75) is 61.1 Å². The first kappa shape index (κ1) is 24.1. The molecule has 0 spiro atoms. The van der Waals surface area contributed by atoms with E-state index in [-0.39, 0.29) is 37.3 Å². The molecule has 192 valence electrons. The molecule has 0 unspecified atom stereocenters. The van der Waals surface area contributed by atoms with Crippen LogP contribution in [0.1, 0.15) is 36.4 Å². The first-order chi connectivity index (χ1) is 17.3. The number of carbonyl (C=O) groups is 1. The number of aryl methyl sites for hydroxylation is 1. The summed E-state index contributed by atoms with van der Waals surface area (Å²) in [5, 5.41) is 13.3. The van der Waals surface area contributed by atoms with E-state index in [0.717, 1.165) is 36.3 Å². The maximum atomic E-state index is 14.8. The Balaban J connectivity index is 1.36. The molecule has 2 aliphatic heterocycles. The summed E-state index contributed by atoms with van der Waals surface area (Å²) in [7, 11) is 1.90. The van der Waals surface area contributed by atoms with E-state index >= 15 is 0 Å². The molecule has 0 bridgehead atoms. The lowest BCUT2D eigenvalue weighted by Gasteiger charge is -2.33. The number of anilines is 1. The van der Waals surface area contributed by atoms with Gasteiger partial charge in [-0.2, -0.15) is 8.78 Å². The van der Waals surface area contributed by atoms with E-state index < -0.39 is 11.4 Å². The number of thioether (sulfide) groups is 1. The largest absolute Gasteiger partial charge is 0.378 e. The Morgan fingerprint density at radius 1 is 1.25 bits per heavy atom. The quantitative estimate of drug-likeness (QED) is 0.481. The van der Waals surface area contributed by atoms with Gasteiger partial charge in [-0.25, -0.2) is 4.39 Å². The van der Waals surface area contributed by atoms with Gasteiger partial charge in [0.2, 0.25) is 5.91 Å². The Bertz CT molecular complexity index is 1310. The molecule has 1 saturated heterocycles. The van der Waals surface area contributed by atoms with E-state index in [1.165, 1.54) is 11.3 Å². The molecule has 3 aromatic heterocycles. The molecule has 6 rings (SSSR count). The number of rotatable bonds is 6. The predicted molar refractivity (Wildman–Crippen MR) is 134 cm³/mol. The van der Waals surface area contributed by atoms with Crippen LogP contribution in [0.25, 0.3) is 16.1 Å². The second-order valence-electron chi connectivity index (χ2n) is 9.87. The summed E-state index contributed by atoms with van der Waals surface area (Å²) in [4.78, 5) is 14.0. The third kappa shape index (κ3) is 4.70. The molecule has 1 aliphatic carbocycles. The fourth-order valence-corrected chi connectivity index (χ4v) is 6.78. The van der Waals surface area contributed by atoms with Crippen LogP contribution in [0.4, 0.5) is 18.9 Å². The summed E-state index contributed by atoms with van der Waals surface area (Å²) in [6.07, 6.45) is 1.43. The number of likely N-dealkylation sites (tertiary alicyclic amines) is 1. The Kier molecular flexibility index (Phi) is 6.16. The van der Waals surface area contributed by atoms with Gasteiger partial charge in [0.15, 0.2) is 5.01 Å². The maximum Gasteiger partial charge on any atom is 0.299 e. The highest BCUT2D eigenvalue weighted by molar-refractivity contribution is 8.00. The van der Waals surface area contributed by atoms with E-state index in [4.69, 9.17) is 0 Å². The Hall–Kier alpha value is -2.31. The lowest BCUT2D eigenvalue weighted by molar-refractivity contribution is -0.122. The minimum Gasteiger partial charge on any atom is -0.378 e. The highest BCUT2D eigenvalue weighted by Crippen LogP contribution is 2.48. The van der Waals surface area contributed by atoms with Crippen molar-refractivity contribution in [3.05, 3.63) is 28.9 Å². The molecule has 0 radical (unpaired) electrons. The number of nitrogens with zero attached hydrogens (tertiary/aromatic N) is 4. The van der Waals surface area contributed by atoms with Crippen LogP contribution in [0.3, 0.4) is 0 Å². The molecule has 1 amide bonds. The average Bonchev–Trinajstić information content (AvgIpc) is 3.51. The third-order valence-corrected chi connectivity index (χ3v) is 9.08. The summed E-state index contributed by atoms with van der Waals surface area (Å²) in [6.45, 7) is 1.42. The van der Waals surface area contributed by atoms with Crippen molar-refractivity contribution >= 4 is 40.2 Å². The molecule has 5 heterocycles. The summed E-state index contributed by atoms with van der Waals surface area (Å²) < 4.78 is 46.2. The monoisotopic (exact) mass is 536 g/mol. The standard InChI is InChI=1S/C24H27F3N6OS2/c1-32-9-7-17(16(25)12-32)29-18-5-4-14-6-8-24(26,27)36-23-15(10-19(18)33(14)23)22-31-30-20(35-22)11-28-21(34)13-2-3-13/h4-5,10,13,16-17,29H,2-3,6-9,11-12H2,1H3,(H,28,34)/t16-,17+/m0/s1. The van der Waals surface area contributed by atoms with Crippen molar-refractivity contribution in [3.8, 4) is 10.6 Å². The number of hydrogen-bond donors (Lipinski definition) is 2. The molecular weight excluding hydrogens is 509 g/mol. The van der Waals surface area contributed by atoms with Gasteiger partial charge in [0.25, 0.3) is 5.25 Å². The first-order valence-electron chi connectivity index (χ1n) is 12.2. The number of aromatic nitrogens is 3. The van der Waals surface area contributed by atoms with Gasteiger partial charge in [-0.15, -0.1) is 10.2 Å². The van der Waals surface area contributed by atoms with E-state index in [0.29, 0.717) is 45.3 Å². The van der Waals surface area contributed by atoms with E-state index in [1.807, 2.05) is 34.5 Å². The number of carbonyl (C=O) groups excluding carboxylic acids is 1. The smallest absolute Gasteiger partial charge is 0.299 e. The summed E-state index contributed by atoms with van der Waals surface area (Å²) in [5.41, 5.74) is 2.81. The van der Waals surface area contributed by atoms with Gasteiger partial charge in [-0.05, 0) is 62.7 Å². The molecular formula is C24H27F3N6OS2. The third-order valence-electron chi connectivity index (χ3n) is 7.02. The number of piperidine rings is 1. The van der Waals surface area contributed by atoms with E-state index in [9.17, 15) is 18.0 Å². The highest BCUT2D eigenvalue weighted by Gasteiger charge is 2.37. The van der Waals surface area contributed by atoms with Crippen LogP contribution in [0.5, 0.6) is 0 Å². The predicted octanol–water partition coefficient (Wildman–Crippen LogP) is 4.57. The molecule has 12 heteroatoms. The number of nitrogens with one attached hydrogen (secondary N) is 2. The van der Waals surface area contributed by atoms with Crippen molar-refractivity contribution in [1.29, 1.82) is 0 Å². The lowest BCUT2D eigenvalue weighted by Crippen LogP contribution is -2.46. The van der Waals surface area contributed by atoms with Crippen LogP contribution in [0, 0.1) is 5.92 Å². The fourth-order valence-electron chi connectivity index (χ4n) is 4.86. The summed E-state index contributed by atoms with van der Waals surface area (Å²) >= 11 is 1.83. The van der Waals surface area contributed by atoms with Crippen molar-refractivity contribution < 1.29 is 18.0 Å². The zero-order valence-electron chi connectivity index (χ0n) is 19.8. The second-order valence-corrected chi connectivity index (χ2v) is 12.1. The molecule has 7 nitrogen and oxygen atoms in total. The maximum absolute atomic E-state index is 14.8. The number of pyridine rings is 1. The molecule has 2 atom stereocenters. The molecule has 2 fully saturated rings. The number of halogens is 3. The average molecular weight is 537 g/mol. The zero-order valence-corrected chi connectivity index (χ0v) is 21.4. The topological polar surface area (TPSA) is 74.6 Å². The van der Waals surface area contributed by atoms with Gasteiger partial charge in [0.05, 0.1) is 28.8 Å².